The summed E-state index contributed by atoms with van der Waals surface area (Å²) in [6.07, 6.45) is -2.37. The summed E-state index contributed by atoms with van der Waals surface area (Å²) in [6.45, 7) is 6.82. The predicted molar refractivity (Wildman–Crippen MR) is 80.6 cm³/mol. The third-order valence-corrected chi connectivity index (χ3v) is 3.74. The van der Waals surface area contributed by atoms with Gasteiger partial charge in [0.25, 0.3) is 0 Å². The molecule has 0 amide bonds. The van der Waals surface area contributed by atoms with E-state index in [-0.39, 0.29) is 24.7 Å². The topological polar surface area (TPSA) is 105 Å². The number of hydrogen-bond donors (Lipinski definition) is 0. The van der Waals surface area contributed by atoms with E-state index in [9.17, 15) is 19.2 Å². The number of carbonyl (C=O) groups excluding carboxylic acids is 4. The van der Waals surface area contributed by atoms with E-state index >= 15 is 0 Å². The number of Topliss-reactive ketones (excluding diaryl/α,β-unsaturated/α-hetero) is 1. The van der Waals surface area contributed by atoms with Crippen LogP contribution in [-0.4, -0.2) is 48.8 Å². The van der Waals surface area contributed by atoms with Crippen molar-refractivity contribution in [2.24, 2.45) is 11.8 Å². The Bertz CT molecular complexity index is 500. The van der Waals surface area contributed by atoms with Crippen LogP contribution < -0.4 is 0 Å². The molecule has 1 rings (SSSR count). The highest BCUT2D eigenvalue weighted by Crippen LogP contribution is 2.35. The van der Waals surface area contributed by atoms with Gasteiger partial charge >= 0.3 is 17.9 Å². The summed E-state index contributed by atoms with van der Waals surface area (Å²) in [5, 5.41) is 0. The number of ketones is 1. The third-order valence-electron chi connectivity index (χ3n) is 3.74. The molecule has 0 aromatic rings. The molecule has 24 heavy (non-hydrogen) atoms. The zero-order valence-electron chi connectivity index (χ0n) is 14.6. The highest BCUT2D eigenvalue weighted by atomic mass is 16.7. The number of ether oxygens (including phenoxy) is 4. The summed E-state index contributed by atoms with van der Waals surface area (Å²) in [5.41, 5.74) is 0. The minimum atomic E-state index is -1.06. The Kier molecular flexibility index (Phi) is 7.34. The molecule has 0 aromatic carbocycles. The van der Waals surface area contributed by atoms with Crippen LogP contribution in [0.15, 0.2) is 0 Å². The minimum Gasteiger partial charge on any atom is -0.463 e. The SMILES string of the molecule is CC(=O)CC1[C@@H](OC(C)=O)OC(COC(C)=O)[C@H](C)[C@@H]1OC(C)=O. The number of esters is 3. The summed E-state index contributed by atoms with van der Waals surface area (Å²) < 4.78 is 21.2. The van der Waals surface area contributed by atoms with Gasteiger partial charge in [0.1, 0.15) is 24.6 Å². The second-order valence-corrected chi connectivity index (χ2v) is 5.96. The van der Waals surface area contributed by atoms with Gasteiger partial charge in [-0.25, -0.2) is 0 Å². The van der Waals surface area contributed by atoms with Crippen molar-refractivity contribution >= 4 is 23.7 Å². The van der Waals surface area contributed by atoms with E-state index < -0.39 is 42.3 Å². The molecule has 0 spiro atoms. The summed E-state index contributed by atoms with van der Waals surface area (Å²) in [4.78, 5) is 45.4. The molecule has 136 valence electrons. The largest absolute Gasteiger partial charge is 0.463 e. The third kappa shape index (κ3) is 5.92. The average Bonchev–Trinajstić information content (AvgIpc) is 2.42. The maximum atomic E-state index is 11.6. The van der Waals surface area contributed by atoms with Gasteiger partial charge in [-0.05, 0) is 6.92 Å². The Morgan fingerprint density at radius 3 is 1.96 bits per heavy atom. The van der Waals surface area contributed by atoms with Crippen LogP contribution in [0, 0.1) is 11.8 Å². The van der Waals surface area contributed by atoms with E-state index in [1.54, 1.807) is 6.92 Å². The quantitative estimate of drug-likeness (QED) is 0.519. The van der Waals surface area contributed by atoms with Crippen LogP contribution >= 0.6 is 0 Å². The fraction of sp³-hybridized carbons (Fsp3) is 0.750. The lowest BCUT2D eigenvalue weighted by molar-refractivity contribution is -0.266. The molecule has 2 unspecified atom stereocenters. The van der Waals surface area contributed by atoms with Crippen molar-refractivity contribution in [1.82, 2.24) is 0 Å². The molecule has 8 heteroatoms. The van der Waals surface area contributed by atoms with Crippen molar-refractivity contribution in [2.45, 2.75) is 59.5 Å². The second kappa shape index (κ2) is 8.77. The first-order valence-corrected chi connectivity index (χ1v) is 7.74. The molecule has 8 nitrogen and oxygen atoms in total. The fourth-order valence-corrected chi connectivity index (χ4v) is 2.75. The summed E-state index contributed by atoms with van der Waals surface area (Å²) in [6, 6.07) is 0. The number of carbonyl (C=O) groups is 4. The molecule has 1 aliphatic heterocycles. The molecule has 1 saturated heterocycles. The van der Waals surface area contributed by atoms with Gasteiger partial charge in [-0.3, -0.25) is 14.4 Å². The molecule has 0 aromatic heterocycles. The molecular formula is C16H24O8. The first-order chi connectivity index (χ1) is 11.1. The Morgan fingerprint density at radius 1 is 0.917 bits per heavy atom. The highest BCUT2D eigenvalue weighted by molar-refractivity contribution is 5.76. The van der Waals surface area contributed by atoms with Gasteiger partial charge in [-0.2, -0.15) is 0 Å². The van der Waals surface area contributed by atoms with E-state index in [2.05, 4.69) is 0 Å². The Labute approximate surface area is 140 Å². The maximum Gasteiger partial charge on any atom is 0.304 e. The van der Waals surface area contributed by atoms with Crippen molar-refractivity contribution in [1.29, 1.82) is 0 Å². The molecule has 1 fully saturated rings. The smallest absolute Gasteiger partial charge is 0.304 e. The van der Waals surface area contributed by atoms with E-state index in [0.717, 1.165) is 0 Å². The average molecular weight is 344 g/mol. The second-order valence-electron chi connectivity index (χ2n) is 5.96. The maximum absolute atomic E-state index is 11.6. The predicted octanol–water partition coefficient (Wildman–Crippen LogP) is 1.00. The standard InChI is InChI=1S/C16H24O8/c1-8(17)6-13-15(22-11(4)19)9(2)14(7-21-10(3)18)24-16(13)23-12(5)20/h9,13-16H,6-7H2,1-5H3/t9-,13?,14?,15-,16-/m0/s1. The zero-order valence-corrected chi connectivity index (χ0v) is 14.6. The van der Waals surface area contributed by atoms with Crippen LogP contribution in [0.1, 0.15) is 41.0 Å². The van der Waals surface area contributed by atoms with Crippen LogP contribution in [0.3, 0.4) is 0 Å². The van der Waals surface area contributed by atoms with Gasteiger partial charge in [-0.15, -0.1) is 0 Å². The molecular weight excluding hydrogens is 320 g/mol. The van der Waals surface area contributed by atoms with Gasteiger partial charge < -0.3 is 23.7 Å². The molecule has 5 atom stereocenters. The van der Waals surface area contributed by atoms with E-state index in [4.69, 9.17) is 18.9 Å². The first kappa shape index (κ1) is 20.1. The van der Waals surface area contributed by atoms with Crippen LogP contribution in [0.5, 0.6) is 0 Å². The van der Waals surface area contributed by atoms with Crippen molar-refractivity contribution in [3.63, 3.8) is 0 Å². The van der Waals surface area contributed by atoms with Crippen molar-refractivity contribution in [3.05, 3.63) is 0 Å². The monoisotopic (exact) mass is 344 g/mol. The van der Waals surface area contributed by atoms with Crippen molar-refractivity contribution in [2.75, 3.05) is 6.61 Å². The van der Waals surface area contributed by atoms with E-state index in [1.807, 2.05) is 0 Å². The molecule has 0 N–H and O–H groups in total. The van der Waals surface area contributed by atoms with Crippen LogP contribution in [-0.2, 0) is 38.1 Å². The Balaban J connectivity index is 3.07. The molecule has 0 bridgehead atoms. The molecule has 0 radical (unpaired) electrons. The number of hydrogen-bond acceptors (Lipinski definition) is 8. The van der Waals surface area contributed by atoms with Gasteiger partial charge in [0.05, 0.1) is 5.92 Å². The first-order valence-electron chi connectivity index (χ1n) is 7.74. The van der Waals surface area contributed by atoms with Gasteiger partial charge in [0, 0.05) is 33.1 Å². The van der Waals surface area contributed by atoms with Gasteiger partial charge in [-0.1, -0.05) is 6.92 Å². The minimum absolute atomic E-state index is 0.0283. The van der Waals surface area contributed by atoms with Crippen molar-refractivity contribution in [3.8, 4) is 0 Å². The molecule has 1 aliphatic rings. The lowest BCUT2D eigenvalue weighted by Crippen LogP contribution is -2.54. The van der Waals surface area contributed by atoms with Crippen LogP contribution in [0.2, 0.25) is 0 Å². The molecule has 0 aliphatic carbocycles. The Hall–Kier alpha value is -1.96. The zero-order chi connectivity index (χ0) is 18.4. The van der Waals surface area contributed by atoms with Gasteiger partial charge in [0.2, 0.25) is 6.29 Å². The fourth-order valence-electron chi connectivity index (χ4n) is 2.75. The van der Waals surface area contributed by atoms with Gasteiger partial charge in [0.15, 0.2) is 0 Å². The van der Waals surface area contributed by atoms with Crippen molar-refractivity contribution < 1.29 is 38.1 Å². The Morgan fingerprint density at radius 2 is 1.50 bits per heavy atom. The van der Waals surface area contributed by atoms with E-state index in [0.29, 0.717) is 0 Å². The lowest BCUT2D eigenvalue weighted by atomic mass is 9.82. The molecule has 1 heterocycles. The summed E-state index contributed by atoms with van der Waals surface area (Å²) in [5.74, 6) is -2.72. The van der Waals surface area contributed by atoms with E-state index in [1.165, 1.54) is 27.7 Å². The summed E-state index contributed by atoms with van der Waals surface area (Å²) in [7, 11) is 0. The molecule has 0 saturated carbocycles. The highest BCUT2D eigenvalue weighted by Gasteiger charge is 2.47. The lowest BCUT2D eigenvalue weighted by Gasteiger charge is -2.44. The van der Waals surface area contributed by atoms with Crippen LogP contribution in [0.4, 0.5) is 0 Å². The van der Waals surface area contributed by atoms with Crippen LogP contribution in [0.25, 0.3) is 0 Å². The number of rotatable bonds is 6. The summed E-state index contributed by atoms with van der Waals surface area (Å²) >= 11 is 0. The normalized spacial score (nSPS) is 29.5.